The van der Waals surface area contributed by atoms with Crippen molar-refractivity contribution in [1.29, 1.82) is 0 Å². The summed E-state index contributed by atoms with van der Waals surface area (Å²) in [4.78, 5) is 17.1. The van der Waals surface area contributed by atoms with Crippen molar-refractivity contribution in [2.45, 2.75) is 12.8 Å². The largest absolute Gasteiger partial charge is 0.397 e. The zero-order chi connectivity index (χ0) is 10.1. The number of nitrogens with zero attached hydrogens (tertiary/aromatic N) is 2. The lowest BCUT2D eigenvalue weighted by Gasteiger charge is -2.15. The molecular weight excluding hydrogens is 202 g/mol. The monoisotopic (exact) mass is 211 g/mol. The number of carbonyl (C=O) groups is 1. The van der Waals surface area contributed by atoms with Gasteiger partial charge in [0.2, 0.25) is 5.91 Å². The van der Waals surface area contributed by atoms with Crippen molar-refractivity contribution < 1.29 is 4.79 Å². The number of nitrogen functional groups attached to an aromatic ring is 1. The molecule has 1 aromatic rings. The van der Waals surface area contributed by atoms with Crippen LogP contribution >= 0.6 is 11.6 Å². The van der Waals surface area contributed by atoms with Gasteiger partial charge in [-0.15, -0.1) is 0 Å². The summed E-state index contributed by atoms with van der Waals surface area (Å²) in [5.74, 6) is 0.590. The molecule has 0 bridgehead atoms. The third-order valence-electron chi connectivity index (χ3n) is 2.17. The Labute approximate surface area is 86.7 Å². The second-order valence-electron chi connectivity index (χ2n) is 3.22. The Hall–Kier alpha value is -1.29. The Balaban J connectivity index is 2.36. The number of hydrogen-bond donors (Lipinski definition) is 1. The molecule has 0 aliphatic carbocycles. The zero-order valence-electron chi connectivity index (χ0n) is 7.53. The van der Waals surface area contributed by atoms with Gasteiger partial charge in [-0.25, -0.2) is 4.98 Å². The fourth-order valence-corrected chi connectivity index (χ4v) is 1.79. The van der Waals surface area contributed by atoms with Crippen LogP contribution in [0.1, 0.15) is 12.8 Å². The normalized spacial score (nSPS) is 16.4. The minimum absolute atomic E-state index is 0.0733. The van der Waals surface area contributed by atoms with Gasteiger partial charge in [0, 0.05) is 13.0 Å². The average molecular weight is 212 g/mol. The number of halogens is 1. The second-order valence-corrected chi connectivity index (χ2v) is 3.63. The molecule has 0 aromatic carbocycles. The van der Waals surface area contributed by atoms with Gasteiger partial charge in [-0.2, -0.15) is 0 Å². The van der Waals surface area contributed by atoms with Crippen LogP contribution in [0.2, 0.25) is 5.02 Å². The topological polar surface area (TPSA) is 59.2 Å². The average Bonchev–Trinajstić information content (AvgIpc) is 2.52. The van der Waals surface area contributed by atoms with Crippen molar-refractivity contribution in [1.82, 2.24) is 4.98 Å². The van der Waals surface area contributed by atoms with Crippen molar-refractivity contribution in [3.8, 4) is 0 Å². The molecule has 2 N–H and O–H groups in total. The van der Waals surface area contributed by atoms with E-state index in [1.807, 2.05) is 0 Å². The Bertz CT molecular complexity index is 380. The van der Waals surface area contributed by atoms with Gasteiger partial charge >= 0.3 is 0 Å². The van der Waals surface area contributed by atoms with E-state index in [0.29, 0.717) is 29.5 Å². The molecule has 1 aliphatic heterocycles. The van der Waals surface area contributed by atoms with E-state index in [2.05, 4.69) is 4.98 Å². The molecule has 0 saturated carbocycles. The number of pyridine rings is 1. The van der Waals surface area contributed by atoms with Crippen LogP contribution in [-0.4, -0.2) is 17.4 Å². The van der Waals surface area contributed by atoms with Crippen LogP contribution in [-0.2, 0) is 4.79 Å². The van der Waals surface area contributed by atoms with Gasteiger partial charge in [0.05, 0.1) is 16.9 Å². The fraction of sp³-hybridized carbons (Fsp3) is 0.333. The van der Waals surface area contributed by atoms with Crippen LogP contribution < -0.4 is 10.6 Å². The van der Waals surface area contributed by atoms with Crippen molar-refractivity contribution in [2.75, 3.05) is 17.2 Å². The number of rotatable bonds is 1. The van der Waals surface area contributed by atoms with Gasteiger partial charge in [-0.05, 0) is 12.5 Å². The van der Waals surface area contributed by atoms with E-state index in [-0.39, 0.29) is 5.91 Å². The van der Waals surface area contributed by atoms with E-state index in [4.69, 9.17) is 17.3 Å². The molecule has 2 rings (SSSR count). The van der Waals surface area contributed by atoms with Crippen molar-refractivity contribution >= 4 is 29.0 Å². The fourth-order valence-electron chi connectivity index (χ4n) is 1.52. The molecule has 5 heteroatoms. The number of anilines is 2. The molecule has 0 radical (unpaired) electrons. The molecule has 0 unspecified atom stereocenters. The van der Waals surface area contributed by atoms with E-state index in [9.17, 15) is 4.79 Å². The first-order valence-electron chi connectivity index (χ1n) is 4.40. The Kier molecular flexibility index (Phi) is 2.29. The van der Waals surface area contributed by atoms with E-state index < -0.39 is 0 Å². The van der Waals surface area contributed by atoms with Crippen LogP contribution in [0.25, 0.3) is 0 Å². The van der Waals surface area contributed by atoms with E-state index in [1.54, 1.807) is 11.0 Å². The maximum absolute atomic E-state index is 11.4. The quantitative estimate of drug-likeness (QED) is 0.765. The van der Waals surface area contributed by atoms with Crippen LogP contribution in [0.5, 0.6) is 0 Å². The summed E-state index contributed by atoms with van der Waals surface area (Å²) < 4.78 is 0. The third-order valence-corrected chi connectivity index (χ3v) is 2.45. The highest BCUT2D eigenvalue weighted by molar-refractivity contribution is 6.33. The SMILES string of the molecule is Nc1cnc(N2CCCC2=O)c(Cl)c1. The summed E-state index contributed by atoms with van der Waals surface area (Å²) in [6.45, 7) is 0.690. The summed E-state index contributed by atoms with van der Waals surface area (Å²) >= 11 is 5.94. The first-order valence-corrected chi connectivity index (χ1v) is 4.77. The molecule has 1 fully saturated rings. The van der Waals surface area contributed by atoms with Gasteiger partial charge in [0.1, 0.15) is 0 Å². The summed E-state index contributed by atoms with van der Waals surface area (Å²) in [5.41, 5.74) is 6.02. The highest BCUT2D eigenvalue weighted by Crippen LogP contribution is 2.28. The summed E-state index contributed by atoms with van der Waals surface area (Å²) in [6, 6.07) is 1.61. The van der Waals surface area contributed by atoms with Gasteiger partial charge in [-0.1, -0.05) is 11.6 Å². The summed E-state index contributed by atoms with van der Waals surface area (Å²) in [6.07, 6.45) is 2.94. The third kappa shape index (κ3) is 1.53. The molecule has 1 aromatic heterocycles. The lowest BCUT2D eigenvalue weighted by Crippen LogP contribution is -2.25. The molecule has 2 heterocycles. The van der Waals surface area contributed by atoms with E-state index in [0.717, 1.165) is 6.42 Å². The molecule has 14 heavy (non-hydrogen) atoms. The number of aromatic nitrogens is 1. The molecule has 1 aliphatic rings. The molecule has 0 spiro atoms. The first-order chi connectivity index (χ1) is 6.68. The number of hydrogen-bond acceptors (Lipinski definition) is 3. The maximum Gasteiger partial charge on any atom is 0.228 e. The number of nitrogens with two attached hydrogens (primary N) is 1. The Morgan fingerprint density at radius 3 is 2.93 bits per heavy atom. The van der Waals surface area contributed by atoms with Gasteiger partial charge in [-0.3, -0.25) is 9.69 Å². The van der Waals surface area contributed by atoms with Crippen LogP contribution in [0.3, 0.4) is 0 Å². The molecule has 1 amide bonds. The van der Waals surface area contributed by atoms with Crippen molar-refractivity contribution in [3.63, 3.8) is 0 Å². The predicted molar refractivity (Wildman–Crippen MR) is 55.2 cm³/mol. The first kappa shape index (κ1) is 9.27. The molecule has 0 atom stereocenters. The van der Waals surface area contributed by atoms with Crippen molar-refractivity contribution in [2.24, 2.45) is 0 Å². The standard InChI is InChI=1S/C9H10ClN3O/c10-7-4-6(11)5-12-9(7)13-3-1-2-8(13)14/h4-5H,1-3,11H2. The molecule has 1 saturated heterocycles. The predicted octanol–water partition coefficient (Wildman–Crippen LogP) is 1.44. The van der Waals surface area contributed by atoms with Crippen molar-refractivity contribution in [3.05, 3.63) is 17.3 Å². The lowest BCUT2D eigenvalue weighted by molar-refractivity contribution is -0.117. The second kappa shape index (κ2) is 3.46. The zero-order valence-corrected chi connectivity index (χ0v) is 8.29. The molecular formula is C9H10ClN3O. The Morgan fingerprint density at radius 2 is 2.36 bits per heavy atom. The van der Waals surface area contributed by atoms with Gasteiger partial charge < -0.3 is 5.73 Å². The van der Waals surface area contributed by atoms with E-state index in [1.165, 1.54) is 6.20 Å². The van der Waals surface area contributed by atoms with Crippen LogP contribution in [0.15, 0.2) is 12.3 Å². The lowest BCUT2D eigenvalue weighted by atomic mass is 10.4. The number of amides is 1. The maximum atomic E-state index is 11.4. The summed E-state index contributed by atoms with van der Waals surface area (Å²) in [7, 11) is 0. The Morgan fingerprint density at radius 1 is 1.57 bits per heavy atom. The molecule has 74 valence electrons. The minimum Gasteiger partial charge on any atom is -0.397 e. The minimum atomic E-state index is 0.0733. The summed E-state index contributed by atoms with van der Waals surface area (Å²) in [5, 5.41) is 0.431. The van der Waals surface area contributed by atoms with Gasteiger partial charge in [0.25, 0.3) is 0 Å². The number of carbonyl (C=O) groups excluding carboxylic acids is 1. The highest BCUT2D eigenvalue weighted by atomic mass is 35.5. The molecule has 4 nitrogen and oxygen atoms in total. The van der Waals surface area contributed by atoms with Gasteiger partial charge in [0.15, 0.2) is 5.82 Å². The highest BCUT2D eigenvalue weighted by Gasteiger charge is 2.24. The smallest absolute Gasteiger partial charge is 0.228 e. The van der Waals surface area contributed by atoms with E-state index >= 15 is 0 Å². The van der Waals surface area contributed by atoms with Crippen LogP contribution in [0, 0.1) is 0 Å². The van der Waals surface area contributed by atoms with Crippen LogP contribution in [0.4, 0.5) is 11.5 Å².